The minimum absolute atomic E-state index is 0.0105. The number of carbonyl (C=O) groups is 1. The lowest BCUT2D eigenvalue weighted by atomic mass is 9.72. The van der Waals surface area contributed by atoms with Gasteiger partial charge in [-0.15, -0.1) is 0 Å². The van der Waals surface area contributed by atoms with Crippen molar-refractivity contribution in [1.82, 2.24) is 0 Å². The average Bonchev–Trinajstić information content (AvgIpc) is 3.29. The van der Waals surface area contributed by atoms with Crippen LogP contribution in [0.15, 0.2) is 23.8 Å². The summed E-state index contributed by atoms with van der Waals surface area (Å²) in [7, 11) is 1.58. The van der Waals surface area contributed by atoms with Crippen molar-refractivity contribution in [2.45, 2.75) is 50.6 Å². The number of rotatable bonds is 4. The molecule has 0 radical (unpaired) electrons. The van der Waals surface area contributed by atoms with E-state index in [4.69, 9.17) is 14.2 Å². The highest BCUT2D eigenvalue weighted by Crippen LogP contribution is 2.57. The van der Waals surface area contributed by atoms with Crippen molar-refractivity contribution >= 4 is 5.78 Å². The van der Waals surface area contributed by atoms with Gasteiger partial charge in [0.15, 0.2) is 5.78 Å². The molecule has 1 aliphatic carbocycles. The topological polar surface area (TPSA) is 51.4 Å². The quantitative estimate of drug-likeness (QED) is 0.583. The van der Waals surface area contributed by atoms with E-state index in [1.807, 2.05) is 6.08 Å². The van der Waals surface area contributed by atoms with Crippen molar-refractivity contribution in [3.05, 3.63) is 23.8 Å². The van der Waals surface area contributed by atoms with Crippen LogP contribution in [0.5, 0.6) is 0 Å². The Labute approximate surface area is 119 Å². The lowest BCUT2D eigenvalue weighted by molar-refractivity contribution is -0.132. The largest absolute Gasteiger partial charge is 0.373 e. The maximum atomic E-state index is 12.1. The van der Waals surface area contributed by atoms with Gasteiger partial charge in [-0.2, -0.15) is 0 Å². The molecule has 2 fully saturated rings. The third-order valence-corrected chi connectivity index (χ3v) is 4.71. The molecule has 2 aliphatic heterocycles. The van der Waals surface area contributed by atoms with E-state index >= 15 is 0 Å². The van der Waals surface area contributed by atoms with Crippen LogP contribution in [-0.4, -0.2) is 42.9 Å². The van der Waals surface area contributed by atoms with E-state index in [9.17, 15) is 4.79 Å². The van der Waals surface area contributed by atoms with Crippen LogP contribution in [0, 0.1) is 5.92 Å². The van der Waals surface area contributed by atoms with Crippen LogP contribution in [0.1, 0.15) is 27.2 Å². The number of methoxy groups -OCH3 is 1. The molecule has 4 nitrogen and oxygen atoms in total. The van der Waals surface area contributed by atoms with Gasteiger partial charge in [0.25, 0.3) is 0 Å². The second-order valence-corrected chi connectivity index (χ2v) is 6.42. The SMILES string of the molecule is CO[C@@H]1C(=O)C=C[C@]2(CO2)[C@H]1C1(C)O[C@@H]1CC=C(C)C. The fraction of sp³-hybridized carbons (Fsp3) is 0.688. The van der Waals surface area contributed by atoms with E-state index < -0.39 is 6.10 Å². The van der Waals surface area contributed by atoms with Crippen LogP contribution in [0.25, 0.3) is 0 Å². The van der Waals surface area contributed by atoms with Crippen molar-refractivity contribution < 1.29 is 19.0 Å². The van der Waals surface area contributed by atoms with Crippen LogP contribution in [0.2, 0.25) is 0 Å². The molecular formula is C16H22O4. The Morgan fingerprint density at radius 2 is 2.25 bits per heavy atom. The molecule has 3 rings (SSSR count). The molecule has 2 saturated heterocycles. The van der Waals surface area contributed by atoms with E-state index in [0.717, 1.165) is 6.42 Å². The number of carbonyl (C=O) groups excluding carboxylic acids is 1. The van der Waals surface area contributed by atoms with Gasteiger partial charge in [0, 0.05) is 7.11 Å². The molecular weight excluding hydrogens is 256 g/mol. The summed E-state index contributed by atoms with van der Waals surface area (Å²) in [5.41, 5.74) is 0.579. The second kappa shape index (κ2) is 4.52. The van der Waals surface area contributed by atoms with E-state index in [0.29, 0.717) is 6.61 Å². The van der Waals surface area contributed by atoms with Crippen LogP contribution in [0.3, 0.4) is 0 Å². The second-order valence-electron chi connectivity index (χ2n) is 6.42. The third-order valence-electron chi connectivity index (χ3n) is 4.71. The number of ketones is 1. The van der Waals surface area contributed by atoms with Crippen LogP contribution in [-0.2, 0) is 19.0 Å². The maximum absolute atomic E-state index is 12.1. The molecule has 0 aromatic heterocycles. The summed E-state index contributed by atoms with van der Waals surface area (Å²) in [6, 6.07) is 0. The summed E-state index contributed by atoms with van der Waals surface area (Å²) < 4.78 is 17.1. The van der Waals surface area contributed by atoms with E-state index in [1.165, 1.54) is 5.57 Å². The predicted molar refractivity (Wildman–Crippen MR) is 74.4 cm³/mol. The standard InChI is InChI=1S/C16H22O4/c1-10(2)5-6-12-15(3,20-12)14-13(18-4)11(17)7-8-16(14)9-19-16/h5,7-8,12-14H,6,9H2,1-4H3/t12-,13-,14-,15?,16+/m1/s1. The van der Waals surface area contributed by atoms with Gasteiger partial charge in [-0.1, -0.05) is 11.6 Å². The Morgan fingerprint density at radius 3 is 2.80 bits per heavy atom. The number of ether oxygens (including phenoxy) is 3. The van der Waals surface area contributed by atoms with Crippen molar-refractivity contribution in [3.8, 4) is 0 Å². The first-order valence-corrected chi connectivity index (χ1v) is 7.14. The first kappa shape index (κ1) is 14.0. The predicted octanol–water partition coefficient (Wildman–Crippen LogP) is 2.04. The Kier molecular flexibility index (Phi) is 3.16. The summed E-state index contributed by atoms with van der Waals surface area (Å²) in [4.78, 5) is 12.1. The molecule has 1 spiro atoms. The minimum Gasteiger partial charge on any atom is -0.373 e. The molecule has 2 heterocycles. The molecule has 4 heteroatoms. The smallest absolute Gasteiger partial charge is 0.184 e. The van der Waals surface area contributed by atoms with Gasteiger partial charge in [-0.25, -0.2) is 0 Å². The van der Waals surface area contributed by atoms with Gasteiger partial charge in [0.2, 0.25) is 0 Å². The summed E-state index contributed by atoms with van der Waals surface area (Å²) in [5, 5.41) is 0. The normalized spacial score (nSPS) is 45.6. The van der Waals surface area contributed by atoms with Crippen molar-refractivity contribution in [2.24, 2.45) is 5.92 Å². The molecule has 0 aromatic rings. The number of hydrogen-bond acceptors (Lipinski definition) is 4. The minimum atomic E-state index is -0.468. The van der Waals surface area contributed by atoms with Gasteiger partial charge in [-0.3, -0.25) is 4.79 Å². The molecule has 20 heavy (non-hydrogen) atoms. The molecule has 0 N–H and O–H groups in total. The summed E-state index contributed by atoms with van der Waals surface area (Å²) in [5.74, 6) is -0.0515. The highest BCUT2D eigenvalue weighted by molar-refractivity contribution is 5.95. The molecule has 0 amide bonds. The molecule has 110 valence electrons. The van der Waals surface area contributed by atoms with Crippen molar-refractivity contribution in [2.75, 3.05) is 13.7 Å². The Balaban J connectivity index is 1.83. The summed E-state index contributed by atoms with van der Waals surface area (Å²) in [6.07, 6.45) is 6.21. The zero-order valence-electron chi connectivity index (χ0n) is 12.5. The van der Waals surface area contributed by atoms with Gasteiger partial charge >= 0.3 is 0 Å². The lowest BCUT2D eigenvalue weighted by Crippen LogP contribution is -2.50. The van der Waals surface area contributed by atoms with E-state index in [-0.39, 0.29) is 29.0 Å². The Bertz CT molecular complexity index is 485. The highest BCUT2D eigenvalue weighted by Gasteiger charge is 2.70. The summed E-state index contributed by atoms with van der Waals surface area (Å²) >= 11 is 0. The lowest BCUT2D eigenvalue weighted by Gasteiger charge is -2.34. The number of epoxide rings is 2. The molecule has 0 bridgehead atoms. The fourth-order valence-electron chi connectivity index (χ4n) is 3.41. The van der Waals surface area contributed by atoms with Crippen LogP contribution < -0.4 is 0 Å². The Hall–Kier alpha value is -0.970. The van der Waals surface area contributed by atoms with Crippen molar-refractivity contribution in [3.63, 3.8) is 0 Å². The van der Waals surface area contributed by atoms with Gasteiger partial charge in [0.05, 0.1) is 18.6 Å². The highest BCUT2D eigenvalue weighted by atomic mass is 16.6. The molecule has 3 aliphatic rings. The van der Waals surface area contributed by atoms with E-state index in [1.54, 1.807) is 13.2 Å². The molecule has 0 saturated carbocycles. The van der Waals surface area contributed by atoms with Gasteiger partial charge in [-0.05, 0) is 39.3 Å². The monoisotopic (exact) mass is 278 g/mol. The average molecular weight is 278 g/mol. The Morgan fingerprint density at radius 1 is 1.55 bits per heavy atom. The fourth-order valence-corrected chi connectivity index (χ4v) is 3.41. The van der Waals surface area contributed by atoms with Crippen molar-refractivity contribution in [1.29, 1.82) is 0 Å². The number of hydrogen-bond donors (Lipinski definition) is 0. The van der Waals surface area contributed by atoms with Gasteiger partial charge in [0.1, 0.15) is 17.3 Å². The maximum Gasteiger partial charge on any atom is 0.184 e. The van der Waals surface area contributed by atoms with Crippen LogP contribution in [0.4, 0.5) is 0 Å². The first-order chi connectivity index (χ1) is 9.43. The zero-order valence-corrected chi connectivity index (χ0v) is 12.5. The molecule has 0 aromatic carbocycles. The van der Waals surface area contributed by atoms with Gasteiger partial charge < -0.3 is 14.2 Å². The first-order valence-electron chi connectivity index (χ1n) is 7.14. The zero-order chi connectivity index (χ0) is 14.5. The van der Waals surface area contributed by atoms with E-state index in [2.05, 4.69) is 26.8 Å². The third kappa shape index (κ3) is 2.07. The summed E-state index contributed by atoms with van der Waals surface area (Å²) in [6.45, 7) is 6.88. The molecule has 5 atom stereocenters. The van der Waals surface area contributed by atoms with Crippen LogP contribution >= 0.6 is 0 Å². The molecule has 1 unspecified atom stereocenters. The number of allylic oxidation sites excluding steroid dienone is 1.